The zero-order valence-corrected chi connectivity index (χ0v) is 45.2. The zero-order valence-electron chi connectivity index (χ0n) is 45.2. The van der Waals surface area contributed by atoms with Gasteiger partial charge < -0.3 is 4.74 Å². The van der Waals surface area contributed by atoms with Gasteiger partial charge in [-0.25, -0.2) is 9.13 Å². The Bertz CT molecular complexity index is 1030. The van der Waals surface area contributed by atoms with Gasteiger partial charge in [-0.15, -0.1) is 0 Å². The Hall–Kier alpha value is -1.32. The van der Waals surface area contributed by atoms with Crippen LogP contribution in [-0.2, 0) is 23.1 Å². The molecule has 1 heterocycles. The highest BCUT2D eigenvalue weighted by molar-refractivity contribution is 5.69. The van der Waals surface area contributed by atoms with Gasteiger partial charge in [0.2, 0.25) is 6.33 Å². The van der Waals surface area contributed by atoms with Gasteiger partial charge in [-0.1, -0.05) is 297 Å². The first-order chi connectivity index (χ1) is 32.1. The molecule has 0 saturated carbocycles. The molecule has 0 radical (unpaired) electrons. The number of imidazole rings is 1. The average molecular weight is 913 g/mol. The summed E-state index contributed by atoms with van der Waals surface area (Å²) in [6, 6.07) is 0. The Morgan fingerprint density at radius 3 is 1.02 bits per heavy atom. The minimum Gasteiger partial charge on any atom is -0.462 e. The summed E-state index contributed by atoms with van der Waals surface area (Å²) in [5.41, 5.74) is 0. The van der Waals surface area contributed by atoms with E-state index in [9.17, 15) is 4.79 Å². The number of carbonyl (C=O) groups excluding carboxylic acids is 1. The van der Waals surface area contributed by atoms with Crippen LogP contribution in [-0.4, -0.2) is 16.6 Å². The lowest BCUT2D eigenvalue weighted by Gasteiger charge is -2.20. The van der Waals surface area contributed by atoms with E-state index in [4.69, 9.17) is 4.74 Å². The Kier molecular flexibility index (Phi) is 48.0. The molecule has 0 aliphatic heterocycles. The molecule has 1 aromatic heterocycles. The monoisotopic (exact) mass is 912 g/mol. The number of unbranched alkanes of at least 4 members (excludes halogenated alkanes) is 39. The van der Waals surface area contributed by atoms with Crippen LogP contribution < -0.4 is 4.57 Å². The molecule has 4 nitrogen and oxygen atoms in total. The molecule has 65 heavy (non-hydrogen) atoms. The Morgan fingerprint density at radius 2 is 0.692 bits per heavy atom. The van der Waals surface area contributed by atoms with Crippen LogP contribution in [0.5, 0.6) is 0 Å². The second kappa shape index (κ2) is 50.6. The average Bonchev–Trinajstić information content (AvgIpc) is 3.73. The second-order valence-electron chi connectivity index (χ2n) is 21.5. The molecule has 1 unspecified atom stereocenters. The summed E-state index contributed by atoms with van der Waals surface area (Å²) in [6.07, 6.45) is 74.8. The van der Waals surface area contributed by atoms with E-state index < -0.39 is 0 Å². The van der Waals surface area contributed by atoms with E-state index in [-0.39, 0.29) is 12.1 Å². The van der Waals surface area contributed by atoms with Gasteiger partial charge in [0.25, 0.3) is 0 Å². The summed E-state index contributed by atoms with van der Waals surface area (Å²) in [5.74, 6) is 0.932. The van der Waals surface area contributed by atoms with Crippen LogP contribution >= 0.6 is 0 Å². The highest BCUT2D eigenvalue weighted by Crippen LogP contribution is 2.26. The fourth-order valence-corrected chi connectivity index (χ4v) is 10.4. The molecule has 0 N–H and O–H groups in total. The van der Waals surface area contributed by atoms with Crippen LogP contribution in [0, 0.1) is 5.92 Å². The first-order valence-corrected chi connectivity index (χ1v) is 30.3. The van der Waals surface area contributed by atoms with Crippen molar-refractivity contribution in [1.29, 1.82) is 0 Å². The van der Waals surface area contributed by atoms with E-state index in [0.717, 1.165) is 38.1 Å². The number of hydrogen-bond acceptors (Lipinski definition) is 2. The molecule has 0 aliphatic rings. The molecule has 384 valence electrons. The Morgan fingerprint density at radius 1 is 0.400 bits per heavy atom. The predicted molar refractivity (Wildman–Crippen MR) is 287 cm³/mol. The van der Waals surface area contributed by atoms with Crippen molar-refractivity contribution in [2.45, 2.75) is 354 Å². The molecule has 1 rings (SSSR count). The molecule has 0 saturated heterocycles. The summed E-state index contributed by atoms with van der Waals surface area (Å²) in [5, 5.41) is 0. The van der Waals surface area contributed by atoms with E-state index in [1.807, 2.05) is 0 Å². The largest absolute Gasteiger partial charge is 0.462 e. The first-order valence-electron chi connectivity index (χ1n) is 30.3. The molecule has 0 fully saturated rings. The molecule has 0 spiro atoms. The lowest BCUT2D eigenvalue weighted by atomic mass is 9.89. The van der Waals surface area contributed by atoms with Crippen molar-refractivity contribution in [2.75, 3.05) is 0 Å². The third-order valence-corrected chi connectivity index (χ3v) is 14.9. The van der Waals surface area contributed by atoms with Crippen LogP contribution in [0.3, 0.4) is 0 Å². The minimum atomic E-state index is 0.0394. The van der Waals surface area contributed by atoms with E-state index in [0.29, 0.717) is 6.42 Å². The number of rotatable bonds is 54. The summed E-state index contributed by atoms with van der Waals surface area (Å²) in [6.45, 7) is 7.90. The number of aromatic nitrogens is 2. The van der Waals surface area contributed by atoms with E-state index in [1.165, 1.54) is 289 Å². The van der Waals surface area contributed by atoms with Crippen molar-refractivity contribution in [3.05, 3.63) is 18.7 Å². The number of carbonyl (C=O) groups is 1. The molecular formula is C61H119N2O2+. The van der Waals surface area contributed by atoms with Gasteiger partial charge in [0.15, 0.2) is 0 Å². The third-order valence-electron chi connectivity index (χ3n) is 14.9. The summed E-state index contributed by atoms with van der Waals surface area (Å²) in [4.78, 5) is 13.1. The first kappa shape index (κ1) is 61.7. The van der Waals surface area contributed by atoms with Crippen LogP contribution in [0.2, 0.25) is 0 Å². The van der Waals surface area contributed by atoms with Gasteiger partial charge in [-0.2, -0.15) is 0 Å². The second-order valence-corrected chi connectivity index (χ2v) is 21.5. The van der Waals surface area contributed by atoms with Gasteiger partial charge in [-0.05, 0) is 44.4 Å². The smallest absolute Gasteiger partial charge is 0.306 e. The molecule has 0 amide bonds. The standard InChI is InChI=1S/C61H119N2O2/c1-5-8-11-14-17-20-22-24-26-28-30-32-34-36-39-42-49-59(50-43-40-37-35-33-31-29-27-25-23-21-18-15-12-9-6-2)51-45-46-53-60(52-44-41-38-19-16-13-10-7-3)65-61(64)54-47-48-55-63-57-56-62(4)58-63/h56-60H,5-55H2,1-4H3/q+1. The number of nitrogens with zero attached hydrogens (tertiary/aromatic N) is 2. The van der Waals surface area contributed by atoms with Gasteiger partial charge in [0.1, 0.15) is 18.5 Å². The van der Waals surface area contributed by atoms with Crippen molar-refractivity contribution in [1.82, 2.24) is 4.57 Å². The Balaban J connectivity index is 2.44. The fraction of sp³-hybridized carbons (Fsp3) is 0.934. The molecule has 0 bridgehead atoms. The van der Waals surface area contributed by atoms with Gasteiger partial charge in [0.05, 0.1) is 13.6 Å². The quantitative estimate of drug-likeness (QED) is 0.0371. The van der Waals surface area contributed by atoms with Crippen molar-refractivity contribution < 1.29 is 14.1 Å². The van der Waals surface area contributed by atoms with E-state index in [2.05, 4.69) is 55.7 Å². The fourth-order valence-electron chi connectivity index (χ4n) is 10.4. The maximum absolute atomic E-state index is 13.1. The molecule has 0 aromatic carbocycles. The predicted octanol–water partition coefficient (Wildman–Crippen LogP) is 20.4. The van der Waals surface area contributed by atoms with Crippen LogP contribution in [0.4, 0.5) is 0 Å². The number of ether oxygens (including phenoxy) is 1. The summed E-state index contributed by atoms with van der Waals surface area (Å²) >= 11 is 0. The van der Waals surface area contributed by atoms with E-state index >= 15 is 0 Å². The SMILES string of the molecule is CCCCCCCCCCCCCCCCCCC(CCCCCCCCCCCCCCCCCC)CCCCC(CCCCCCCCCC)OC(=O)CCCCn1cc[n+](C)c1. The summed E-state index contributed by atoms with van der Waals surface area (Å²) < 4.78 is 10.5. The normalized spacial score (nSPS) is 12.2. The van der Waals surface area contributed by atoms with Gasteiger partial charge in [-0.3, -0.25) is 4.79 Å². The minimum absolute atomic E-state index is 0.0394. The number of aryl methyl sites for hydroxylation is 2. The van der Waals surface area contributed by atoms with E-state index in [1.54, 1.807) is 0 Å². The molecular weight excluding hydrogens is 793 g/mol. The van der Waals surface area contributed by atoms with Crippen molar-refractivity contribution in [3.8, 4) is 0 Å². The van der Waals surface area contributed by atoms with Crippen LogP contribution in [0.15, 0.2) is 18.7 Å². The topological polar surface area (TPSA) is 35.1 Å². The van der Waals surface area contributed by atoms with Crippen molar-refractivity contribution >= 4 is 5.97 Å². The lowest BCUT2D eigenvalue weighted by Crippen LogP contribution is -2.23. The molecule has 0 aliphatic carbocycles. The highest BCUT2D eigenvalue weighted by atomic mass is 16.5. The van der Waals surface area contributed by atoms with Crippen LogP contribution in [0.1, 0.15) is 342 Å². The summed E-state index contributed by atoms with van der Waals surface area (Å²) in [7, 11) is 2.06. The third kappa shape index (κ3) is 44.9. The number of esters is 1. The zero-order chi connectivity index (χ0) is 46.8. The van der Waals surface area contributed by atoms with Gasteiger partial charge in [0, 0.05) is 6.42 Å². The van der Waals surface area contributed by atoms with Crippen LogP contribution in [0.25, 0.3) is 0 Å². The van der Waals surface area contributed by atoms with Gasteiger partial charge >= 0.3 is 5.97 Å². The number of hydrogen-bond donors (Lipinski definition) is 0. The van der Waals surface area contributed by atoms with Crippen molar-refractivity contribution in [3.63, 3.8) is 0 Å². The maximum atomic E-state index is 13.1. The van der Waals surface area contributed by atoms with Crippen molar-refractivity contribution in [2.24, 2.45) is 13.0 Å². The highest BCUT2D eigenvalue weighted by Gasteiger charge is 2.16. The molecule has 1 atom stereocenters. The Labute approximate surface area is 409 Å². The molecule has 4 heteroatoms. The molecule has 1 aromatic rings. The lowest BCUT2D eigenvalue weighted by molar-refractivity contribution is -0.671. The maximum Gasteiger partial charge on any atom is 0.306 e.